The summed E-state index contributed by atoms with van der Waals surface area (Å²) >= 11 is 0. The van der Waals surface area contributed by atoms with Gasteiger partial charge in [0, 0.05) is 31.6 Å². The molecule has 1 atom stereocenters. The summed E-state index contributed by atoms with van der Waals surface area (Å²) in [6.45, 7) is 5.95. The molecule has 4 heteroatoms. The van der Waals surface area contributed by atoms with E-state index in [-0.39, 0.29) is 17.7 Å². The fraction of sp³-hybridized carbons (Fsp3) is 0.474. The van der Waals surface area contributed by atoms with Crippen molar-refractivity contribution in [2.75, 3.05) is 19.6 Å². The Kier molecular flexibility index (Phi) is 6.39. The Labute approximate surface area is 138 Å². The van der Waals surface area contributed by atoms with E-state index >= 15 is 0 Å². The second kappa shape index (κ2) is 8.51. The molecule has 1 N–H and O–H groups in total. The molecule has 23 heavy (non-hydrogen) atoms. The Bertz CT molecular complexity index is 552. The SMILES string of the molecule is CC(C)C(=O)NC[C@H]1CCCN(C(=O)/C=C/c2ccccc2)C1. The summed E-state index contributed by atoms with van der Waals surface area (Å²) in [5, 5.41) is 2.97. The van der Waals surface area contributed by atoms with Crippen LogP contribution in [0.4, 0.5) is 0 Å². The van der Waals surface area contributed by atoms with Gasteiger partial charge in [-0.25, -0.2) is 0 Å². The molecule has 1 aromatic rings. The largest absolute Gasteiger partial charge is 0.356 e. The lowest BCUT2D eigenvalue weighted by Gasteiger charge is -2.32. The summed E-state index contributed by atoms with van der Waals surface area (Å²) in [6.07, 6.45) is 5.55. The van der Waals surface area contributed by atoms with Gasteiger partial charge in [0.1, 0.15) is 0 Å². The minimum Gasteiger partial charge on any atom is -0.356 e. The fourth-order valence-electron chi connectivity index (χ4n) is 2.72. The van der Waals surface area contributed by atoms with E-state index < -0.39 is 0 Å². The molecule has 1 heterocycles. The molecule has 1 aliphatic heterocycles. The molecule has 0 aromatic heterocycles. The maximum absolute atomic E-state index is 12.3. The molecule has 0 radical (unpaired) electrons. The average molecular weight is 314 g/mol. The van der Waals surface area contributed by atoms with E-state index in [2.05, 4.69) is 5.32 Å². The summed E-state index contributed by atoms with van der Waals surface area (Å²) < 4.78 is 0. The van der Waals surface area contributed by atoms with Gasteiger partial charge < -0.3 is 10.2 Å². The quantitative estimate of drug-likeness (QED) is 0.850. The van der Waals surface area contributed by atoms with Gasteiger partial charge in [0.2, 0.25) is 11.8 Å². The van der Waals surface area contributed by atoms with Gasteiger partial charge in [0.25, 0.3) is 0 Å². The number of amides is 2. The first-order chi connectivity index (χ1) is 11.1. The van der Waals surface area contributed by atoms with Crippen LogP contribution < -0.4 is 5.32 Å². The zero-order valence-electron chi connectivity index (χ0n) is 14.0. The number of likely N-dealkylation sites (tertiary alicyclic amines) is 1. The van der Waals surface area contributed by atoms with Gasteiger partial charge in [-0.05, 0) is 30.4 Å². The molecule has 2 rings (SSSR count). The second-order valence-electron chi connectivity index (χ2n) is 6.44. The minimum absolute atomic E-state index is 0.00475. The highest BCUT2D eigenvalue weighted by molar-refractivity contribution is 5.91. The molecule has 1 fully saturated rings. The van der Waals surface area contributed by atoms with Gasteiger partial charge in [0.05, 0.1) is 0 Å². The Morgan fingerprint density at radius 3 is 2.74 bits per heavy atom. The number of rotatable bonds is 5. The Hall–Kier alpha value is -2.10. The van der Waals surface area contributed by atoms with E-state index in [0.717, 1.165) is 31.5 Å². The third kappa shape index (κ3) is 5.55. The number of piperidine rings is 1. The smallest absolute Gasteiger partial charge is 0.246 e. The predicted octanol–water partition coefficient (Wildman–Crippen LogP) is 2.71. The van der Waals surface area contributed by atoms with Gasteiger partial charge in [-0.15, -0.1) is 0 Å². The van der Waals surface area contributed by atoms with Crippen LogP contribution in [0.15, 0.2) is 36.4 Å². The van der Waals surface area contributed by atoms with E-state index in [0.29, 0.717) is 12.5 Å². The van der Waals surface area contributed by atoms with Crippen LogP contribution >= 0.6 is 0 Å². The molecule has 124 valence electrons. The molecule has 0 aliphatic carbocycles. The number of carbonyl (C=O) groups is 2. The van der Waals surface area contributed by atoms with Crippen molar-refractivity contribution in [3.63, 3.8) is 0 Å². The number of hydrogen-bond donors (Lipinski definition) is 1. The van der Waals surface area contributed by atoms with Crippen LogP contribution in [0.25, 0.3) is 6.08 Å². The van der Waals surface area contributed by atoms with Crippen LogP contribution in [0.3, 0.4) is 0 Å². The number of hydrogen-bond acceptors (Lipinski definition) is 2. The highest BCUT2D eigenvalue weighted by Gasteiger charge is 2.23. The zero-order chi connectivity index (χ0) is 16.7. The lowest BCUT2D eigenvalue weighted by Crippen LogP contribution is -2.43. The lowest BCUT2D eigenvalue weighted by atomic mass is 9.97. The lowest BCUT2D eigenvalue weighted by molar-refractivity contribution is -0.127. The van der Waals surface area contributed by atoms with E-state index in [4.69, 9.17) is 0 Å². The predicted molar refractivity (Wildman–Crippen MR) is 92.6 cm³/mol. The van der Waals surface area contributed by atoms with E-state index in [9.17, 15) is 9.59 Å². The monoisotopic (exact) mass is 314 g/mol. The Morgan fingerprint density at radius 1 is 1.30 bits per heavy atom. The highest BCUT2D eigenvalue weighted by Crippen LogP contribution is 2.16. The Morgan fingerprint density at radius 2 is 2.04 bits per heavy atom. The van der Waals surface area contributed by atoms with Crippen molar-refractivity contribution < 1.29 is 9.59 Å². The molecule has 1 saturated heterocycles. The van der Waals surface area contributed by atoms with Crippen LogP contribution in [0.5, 0.6) is 0 Å². The first-order valence-corrected chi connectivity index (χ1v) is 8.36. The fourth-order valence-corrected chi connectivity index (χ4v) is 2.72. The van der Waals surface area contributed by atoms with Crippen molar-refractivity contribution in [3.8, 4) is 0 Å². The molecule has 4 nitrogen and oxygen atoms in total. The van der Waals surface area contributed by atoms with Gasteiger partial charge in [-0.1, -0.05) is 44.2 Å². The van der Waals surface area contributed by atoms with Gasteiger partial charge in [0.15, 0.2) is 0 Å². The van der Waals surface area contributed by atoms with Crippen LogP contribution in [-0.2, 0) is 9.59 Å². The van der Waals surface area contributed by atoms with Crippen LogP contribution in [0.1, 0.15) is 32.3 Å². The first kappa shape index (κ1) is 17.3. The third-order valence-corrected chi connectivity index (χ3v) is 4.14. The van der Waals surface area contributed by atoms with Gasteiger partial charge >= 0.3 is 0 Å². The summed E-state index contributed by atoms with van der Waals surface area (Å²) in [4.78, 5) is 25.9. The molecular weight excluding hydrogens is 288 g/mol. The summed E-state index contributed by atoms with van der Waals surface area (Å²) in [6, 6.07) is 9.82. The molecule has 0 bridgehead atoms. The van der Waals surface area contributed by atoms with Gasteiger partial charge in [-0.2, -0.15) is 0 Å². The van der Waals surface area contributed by atoms with Crippen molar-refractivity contribution in [1.82, 2.24) is 10.2 Å². The molecule has 0 unspecified atom stereocenters. The maximum Gasteiger partial charge on any atom is 0.246 e. The molecule has 0 spiro atoms. The van der Waals surface area contributed by atoms with E-state index in [1.54, 1.807) is 6.08 Å². The number of nitrogens with one attached hydrogen (secondary N) is 1. The highest BCUT2D eigenvalue weighted by atomic mass is 16.2. The minimum atomic E-state index is 0.00475. The van der Waals surface area contributed by atoms with Gasteiger partial charge in [-0.3, -0.25) is 9.59 Å². The number of carbonyl (C=O) groups excluding carboxylic acids is 2. The van der Waals surface area contributed by atoms with E-state index in [1.165, 1.54) is 0 Å². The van der Waals surface area contributed by atoms with E-state index in [1.807, 2.05) is 55.2 Å². The van der Waals surface area contributed by atoms with Crippen molar-refractivity contribution in [1.29, 1.82) is 0 Å². The molecule has 2 amide bonds. The maximum atomic E-state index is 12.3. The first-order valence-electron chi connectivity index (χ1n) is 8.36. The molecular formula is C19H26N2O2. The second-order valence-corrected chi connectivity index (χ2v) is 6.44. The van der Waals surface area contributed by atoms with Crippen LogP contribution in [0, 0.1) is 11.8 Å². The average Bonchev–Trinajstić information content (AvgIpc) is 2.58. The molecule has 0 saturated carbocycles. The van der Waals surface area contributed by atoms with Crippen molar-refractivity contribution in [2.24, 2.45) is 11.8 Å². The van der Waals surface area contributed by atoms with Crippen molar-refractivity contribution in [2.45, 2.75) is 26.7 Å². The normalized spacial score (nSPS) is 18.4. The van der Waals surface area contributed by atoms with Crippen molar-refractivity contribution >= 4 is 17.9 Å². The summed E-state index contributed by atoms with van der Waals surface area (Å²) in [5.41, 5.74) is 1.03. The number of nitrogens with zero attached hydrogens (tertiary/aromatic N) is 1. The molecule has 1 aliphatic rings. The number of benzene rings is 1. The standard InChI is InChI=1S/C19H26N2O2/c1-15(2)19(23)20-13-17-9-6-12-21(14-17)18(22)11-10-16-7-4-3-5-8-16/h3-5,7-8,10-11,15,17H,6,9,12-14H2,1-2H3,(H,20,23)/b11-10+/t17-/m1/s1. The topological polar surface area (TPSA) is 49.4 Å². The van der Waals surface area contributed by atoms with Crippen molar-refractivity contribution in [3.05, 3.63) is 42.0 Å². The summed E-state index contributed by atoms with van der Waals surface area (Å²) in [5.74, 6) is 0.483. The molecule has 1 aromatic carbocycles. The van der Waals surface area contributed by atoms with Crippen LogP contribution in [-0.4, -0.2) is 36.3 Å². The third-order valence-electron chi connectivity index (χ3n) is 4.14. The zero-order valence-corrected chi connectivity index (χ0v) is 14.0. The van der Waals surface area contributed by atoms with Crippen LogP contribution in [0.2, 0.25) is 0 Å². The summed E-state index contributed by atoms with van der Waals surface area (Å²) in [7, 11) is 0. The Balaban J connectivity index is 1.84.